The van der Waals surface area contributed by atoms with Gasteiger partial charge in [0, 0.05) is 0 Å². The minimum absolute atomic E-state index is 1.16. The fraction of sp³-hybridized carbons (Fsp3) is 0. The van der Waals surface area contributed by atoms with Crippen LogP contribution in [-0.2, 0) is 0 Å². The van der Waals surface area contributed by atoms with Crippen molar-refractivity contribution in [1.29, 1.82) is 0 Å². The van der Waals surface area contributed by atoms with E-state index < -0.39 is 28.7 Å². The summed E-state index contributed by atoms with van der Waals surface area (Å²) in [5, 5.41) is 2.55. The van der Waals surface area contributed by atoms with Gasteiger partial charge in [0.05, 0.1) is 0 Å². The summed E-state index contributed by atoms with van der Waals surface area (Å²) in [6, 6.07) is 101. The van der Waals surface area contributed by atoms with Gasteiger partial charge in [-0.2, -0.15) is 0 Å². The Kier molecular flexibility index (Phi) is 8.90. The molecule has 0 aliphatic carbocycles. The molecule has 2 unspecified atom stereocenters. The van der Waals surface area contributed by atoms with Crippen molar-refractivity contribution in [3.63, 3.8) is 0 Å². The molecule has 0 spiro atoms. The van der Waals surface area contributed by atoms with Crippen molar-refractivity contribution < 1.29 is 0 Å². The number of nitrogens with zero attached hydrogens (tertiary/aromatic N) is 6. The Morgan fingerprint density at radius 3 is 0.628 bits per heavy atom. The van der Waals surface area contributed by atoms with E-state index in [9.17, 15) is 0 Å². The van der Waals surface area contributed by atoms with E-state index in [0.29, 0.717) is 0 Å². The van der Waals surface area contributed by atoms with Gasteiger partial charge in [-0.05, 0) is 0 Å². The summed E-state index contributed by atoms with van der Waals surface area (Å²) >= 11 is -6.19. The third-order valence-electron chi connectivity index (χ3n) is 17.3. The van der Waals surface area contributed by atoms with Gasteiger partial charge in [-0.25, -0.2) is 0 Å². The molecule has 2 atom stereocenters. The summed E-state index contributed by atoms with van der Waals surface area (Å²) in [7, 11) is 0. The molecule has 0 radical (unpaired) electrons. The fourth-order valence-corrected chi connectivity index (χ4v) is 31.4. The van der Waals surface area contributed by atoms with Crippen molar-refractivity contribution in [3.8, 4) is 0 Å². The molecule has 78 heavy (non-hydrogen) atoms. The molecular weight excluding hydrogens is 1070 g/mol. The first-order chi connectivity index (χ1) is 38.8. The van der Waals surface area contributed by atoms with Crippen LogP contribution in [0.25, 0.3) is 10.8 Å². The summed E-state index contributed by atoms with van der Waals surface area (Å²) in [5.41, 5.74) is 22.5. The van der Waals surface area contributed by atoms with Gasteiger partial charge >= 0.3 is 465 Å². The van der Waals surface area contributed by atoms with Gasteiger partial charge in [-0.15, -0.1) is 0 Å². The Bertz CT molecular complexity index is 4160. The molecular formula is C70H46Ge2N6. The van der Waals surface area contributed by atoms with Gasteiger partial charge in [0.2, 0.25) is 0 Å². The summed E-state index contributed by atoms with van der Waals surface area (Å²) < 4.78 is 9.06. The first kappa shape index (κ1) is 42.9. The van der Waals surface area contributed by atoms with Crippen molar-refractivity contribution in [3.05, 3.63) is 267 Å². The van der Waals surface area contributed by atoms with E-state index >= 15 is 0 Å². The van der Waals surface area contributed by atoms with Crippen LogP contribution >= 0.6 is 0 Å². The molecule has 6 aliphatic heterocycles. The summed E-state index contributed by atoms with van der Waals surface area (Å²) in [4.78, 5) is 15.8. The summed E-state index contributed by atoms with van der Waals surface area (Å²) in [6.07, 6.45) is 0. The molecule has 6 nitrogen and oxygen atoms in total. The standard InChI is InChI=1S/C70H46Ge2N6/c1-7-23-45(24-8-1)73-53-35-19-39-57-63(53)71-65-55(73)37-21-41-59(65)77(49-31-15-5-16-32-49)69-51-44-62-68-70(52(51)43-61(67(69)71)75(57)47-27-11-3-12-28-47)78(50-33-17-6-18-34-50)60-42-22-38-56-66(60)72(68)64-54(74(56)46-25-9-2-10-26-46)36-20-40-58(64)76(62)48-29-13-4-14-30-48/h1-44,71-72H. The molecule has 12 aromatic rings. The molecule has 8 heteroatoms. The van der Waals surface area contributed by atoms with Crippen LogP contribution in [0.4, 0.5) is 102 Å². The van der Waals surface area contributed by atoms with E-state index in [0.717, 1.165) is 22.7 Å². The zero-order valence-corrected chi connectivity index (χ0v) is 47.1. The van der Waals surface area contributed by atoms with Crippen LogP contribution in [0.1, 0.15) is 0 Å². The predicted molar refractivity (Wildman–Crippen MR) is 331 cm³/mol. The van der Waals surface area contributed by atoms with E-state index in [-0.39, 0.29) is 0 Å². The van der Waals surface area contributed by atoms with Gasteiger partial charge in [0.25, 0.3) is 0 Å². The van der Waals surface area contributed by atoms with Crippen LogP contribution in [0.15, 0.2) is 267 Å². The number of hydrogen-bond acceptors (Lipinski definition) is 6. The van der Waals surface area contributed by atoms with E-state index in [1.807, 2.05) is 0 Å². The quantitative estimate of drug-likeness (QED) is 0.154. The second-order valence-electron chi connectivity index (χ2n) is 21.1. The third-order valence-corrected chi connectivity index (χ3v) is 32.0. The number of para-hydroxylation sites is 6. The van der Waals surface area contributed by atoms with Crippen LogP contribution in [0.3, 0.4) is 0 Å². The van der Waals surface area contributed by atoms with Crippen molar-refractivity contribution in [1.82, 2.24) is 0 Å². The summed E-state index contributed by atoms with van der Waals surface area (Å²) in [6.45, 7) is 0. The second-order valence-corrected chi connectivity index (χ2v) is 32.0. The monoisotopic (exact) mass is 1120 g/mol. The molecule has 6 aliphatic rings. The fourth-order valence-electron chi connectivity index (χ4n) is 14.6. The molecule has 0 bridgehead atoms. The van der Waals surface area contributed by atoms with E-state index in [1.165, 1.54) is 117 Å². The predicted octanol–water partition coefficient (Wildman–Crippen LogP) is 14.0. The number of benzene rings is 12. The van der Waals surface area contributed by atoms with Crippen LogP contribution in [0.2, 0.25) is 0 Å². The molecule has 12 aromatic carbocycles. The van der Waals surface area contributed by atoms with Crippen LogP contribution in [-0.4, -0.2) is 28.7 Å². The van der Waals surface area contributed by atoms with Gasteiger partial charge < -0.3 is 0 Å². The third kappa shape index (κ3) is 5.62. The number of anilines is 18. The van der Waals surface area contributed by atoms with Gasteiger partial charge in [-0.1, -0.05) is 0 Å². The Labute approximate surface area is 461 Å². The molecule has 0 amide bonds. The maximum absolute atomic E-state index is 3.10. The first-order valence-electron chi connectivity index (χ1n) is 27.1. The van der Waals surface area contributed by atoms with Crippen LogP contribution in [0.5, 0.6) is 0 Å². The van der Waals surface area contributed by atoms with Crippen molar-refractivity contribution in [2.24, 2.45) is 0 Å². The Balaban J connectivity index is 1.05. The zero-order chi connectivity index (χ0) is 50.7. The van der Waals surface area contributed by atoms with Gasteiger partial charge in [0.1, 0.15) is 0 Å². The average molecular weight is 1120 g/mol. The molecule has 364 valence electrons. The number of rotatable bonds is 6. The molecule has 0 N–H and O–H groups in total. The van der Waals surface area contributed by atoms with E-state index in [2.05, 4.69) is 296 Å². The number of fused-ring (bicyclic) bond motifs is 3. The van der Waals surface area contributed by atoms with Crippen molar-refractivity contribution >= 4 is 168 Å². The van der Waals surface area contributed by atoms with Crippen LogP contribution < -0.4 is 55.8 Å². The maximum atomic E-state index is 2.68. The average Bonchev–Trinajstić information content (AvgIpc) is 2.03. The van der Waals surface area contributed by atoms with E-state index in [1.54, 1.807) is 0 Å². The SMILES string of the molecule is c1ccc(N2c3cccc4[c]3[GeH]3[c]5c2cccc5N(c2ccccc2)c2[c]3c(cc3c5[c]6c(cc23)N(c2ccccc2)c2cccc3[c]2[GeH]6[c]2c(cccc2N5c2ccccc2)N3c2ccccc2)N4c2ccccc2)cc1. The van der Waals surface area contributed by atoms with Crippen molar-refractivity contribution in [2.45, 2.75) is 0 Å². The van der Waals surface area contributed by atoms with Gasteiger partial charge in [-0.3, -0.25) is 0 Å². The Morgan fingerprint density at radius 2 is 0.385 bits per heavy atom. The normalized spacial score (nSPS) is 16.1. The minimum atomic E-state index is -3.10. The Morgan fingerprint density at radius 1 is 0.179 bits per heavy atom. The van der Waals surface area contributed by atoms with Gasteiger partial charge in [0.15, 0.2) is 0 Å². The molecule has 0 saturated heterocycles. The van der Waals surface area contributed by atoms with E-state index in [4.69, 9.17) is 0 Å². The molecule has 18 rings (SSSR count). The molecule has 6 heterocycles. The molecule has 0 saturated carbocycles. The number of hydrogen-bond donors (Lipinski definition) is 0. The first-order valence-corrected chi connectivity index (χ1v) is 34.4. The van der Waals surface area contributed by atoms with Crippen LogP contribution in [0, 0.1) is 0 Å². The molecule has 0 fully saturated rings. The summed E-state index contributed by atoms with van der Waals surface area (Å²) in [5.74, 6) is 0. The second kappa shape index (κ2) is 16.2. The van der Waals surface area contributed by atoms with Crippen molar-refractivity contribution in [2.75, 3.05) is 29.4 Å². The molecule has 0 aromatic heterocycles. The zero-order valence-electron chi connectivity index (χ0n) is 42.2. The topological polar surface area (TPSA) is 19.4 Å². The Hall–Kier alpha value is -9.21.